The lowest BCUT2D eigenvalue weighted by molar-refractivity contribution is 0.669. The Balaban J connectivity index is 0.0000000993. The highest BCUT2D eigenvalue weighted by Gasteiger charge is 2.26. The first-order chi connectivity index (χ1) is 69.9. The largest absolute Gasteiger partial charge is 0.456 e. The van der Waals surface area contributed by atoms with Crippen LogP contribution in [0.5, 0.6) is 0 Å². The third kappa shape index (κ3) is 12.2. The number of benzene rings is 29. The minimum Gasteiger partial charge on any atom is -0.456 e. The summed E-state index contributed by atoms with van der Waals surface area (Å²) in [6.45, 7) is 0. The molecule has 0 aliphatic carbocycles. The third-order valence-corrected chi connectivity index (χ3v) is 30.6. The van der Waals surface area contributed by atoms with Crippen LogP contribution in [0.1, 0.15) is 0 Å². The molecule has 3 heteroatoms. The fourth-order valence-corrected chi connectivity index (χ4v) is 24.3. The van der Waals surface area contributed by atoms with Crippen LogP contribution in [0.25, 0.3) is 316 Å². The third-order valence-electron chi connectivity index (χ3n) is 30.6. The molecule has 0 amide bonds. The molecule has 0 spiro atoms. The molecule has 0 saturated carbocycles. The highest BCUT2D eigenvalue weighted by atomic mass is 16.3. The summed E-state index contributed by atoms with van der Waals surface area (Å²) in [5, 5.41) is 49.7. The lowest BCUT2D eigenvalue weighted by atomic mass is 9.83. The van der Waals surface area contributed by atoms with Gasteiger partial charge >= 0.3 is 0 Å². The van der Waals surface area contributed by atoms with E-state index in [1.807, 2.05) is 0 Å². The van der Waals surface area contributed by atoms with E-state index in [-0.39, 0.29) is 0 Å². The van der Waals surface area contributed by atoms with Gasteiger partial charge in [-0.1, -0.05) is 406 Å². The molecule has 0 radical (unpaired) electrons. The Labute approximate surface area is 808 Å². The van der Waals surface area contributed by atoms with E-state index >= 15 is 0 Å². The van der Waals surface area contributed by atoms with Gasteiger partial charge in [-0.05, 0) is 323 Å². The van der Waals surface area contributed by atoms with Crippen LogP contribution < -0.4 is 0 Å². The number of fused-ring (bicyclic) bond motifs is 28. The molecule has 0 unspecified atom stereocenters. The molecule has 0 atom stereocenters. The van der Waals surface area contributed by atoms with Gasteiger partial charge in [-0.25, -0.2) is 0 Å². The molecule has 0 bridgehead atoms. The highest BCUT2D eigenvalue weighted by molar-refractivity contribution is 6.33. The van der Waals surface area contributed by atoms with Gasteiger partial charge in [0, 0.05) is 37.7 Å². The summed E-state index contributed by atoms with van der Waals surface area (Å²) in [6.07, 6.45) is 0. The summed E-state index contributed by atoms with van der Waals surface area (Å²) in [7, 11) is 0. The van der Waals surface area contributed by atoms with E-state index in [0.717, 1.165) is 87.9 Å². The van der Waals surface area contributed by atoms with Gasteiger partial charge in [0.2, 0.25) is 0 Å². The summed E-state index contributed by atoms with van der Waals surface area (Å²) >= 11 is 0. The quantitative estimate of drug-likeness (QED) is 0.123. The van der Waals surface area contributed by atoms with E-state index in [1.54, 1.807) is 0 Å². The number of furan rings is 3. The predicted octanol–water partition coefficient (Wildman–Crippen LogP) is 39.8. The number of hydrogen-bond donors (Lipinski definition) is 0. The zero-order chi connectivity index (χ0) is 92.2. The van der Waals surface area contributed by atoms with Crippen molar-refractivity contribution < 1.29 is 13.3 Å². The Hall–Kier alpha value is -18.5. The Bertz CT molecular complexity index is 10800. The molecule has 3 aromatic heterocycles. The van der Waals surface area contributed by atoms with E-state index in [1.165, 1.54) is 228 Å². The average Bonchev–Trinajstić information content (AvgIpc) is 1.28. The van der Waals surface area contributed by atoms with Crippen LogP contribution in [-0.4, -0.2) is 0 Å². The zero-order valence-electron chi connectivity index (χ0n) is 76.4. The molecular weight excluding hydrogens is 1710 g/mol. The van der Waals surface area contributed by atoms with Crippen LogP contribution in [0.2, 0.25) is 0 Å². The Morgan fingerprint density at radius 1 is 0.106 bits per heavy atom. The van der Waals surface area contributed by atoms with Crippen molar-refractivity contribution in [1.29, 1.82) is 0 Å². The first-order valence-corrected chi connectivity index (χ1v) is 48.7. The predicted molar refractivity (Wildman–Crippen MR) is 603 cm³/mol. The molecule has 650 valence electrons. The maximum atomic E-state index is 6.62. The lowest BCUT2D eigenvalue weighted by Crippen LogP contribution is -1.92. The minimum absolute atomic E-state index is 0.911. The van der Waals surface area contributed by atoms with E-state index < -0.39 is 0 Å². The van der Waals surface area contributed by atoms with Crippen molar-refractivity contribution in [2.24, 2.45) is 0 Å². The summed E-state index contributed by atoms with van der Waals surface area (Å²) in [4.78, 5) is 0. The van der Waals surface area contributed by atoms with Crippen LogP contribution >= 0.6 is 0 Å². The van der Waals surface area contributed by atoms with Crippen molar-refractivity contribution in [3.8, 4) is 66.8 Å². The van der Waals surface area contributed by atoms with Crippen LogP contribution in [-0.2, 0) is 0 Å². The molecule has 0 aliphatic rings. The van der Waals surface area contributed by atoms with E-state index in [2.05, 4.69) is 485 Å². The molecule has 0 N–H and O–H groups in total. The molecule has 0 fully saturated rings. The average molecular weight is 1790 g/mol. The van der Waals surface area contributed by atoms with Crippen molar-refractivity contribution in [3.05, 3.63) is 485 Å². The molecule has 3 heterocycles. The summed E-state index contributed by atoms with van der Waals surface area (Å²) < 4.78 is 19.7. The van der Waals surface area contributed by atoms with E-state index in [9.17, 15) is 0 Å². The zero-order valence-corrected chi connectivity index (χ0v) is 76.4. The maximum Gasteiger partial charge on any atom is 0.143 e. The molecule has 32 rings (SSSR count). The summed E-state index contributed by atoms with van der Waals surface area (Å²) in [5.41, 5.74) is 20.3. The Morgan fingerprint density at radius 3 is 0.794 bits per heavy atom. The van der Waals surface area contributed by atoms with Crippen LogP contribution in [0.15, 0.2) is 499 Å². The number of hydrogen-bond acceptors (Lipinski definition) is 3. The van der Waals surface area contributed by atoms with Crippen molar-refractivity contribution in [2.45, 2.75) is 0 Å². The molecular formula is C138H80O3. The topological polar surface area (TPSA) is 39.4 Å². The van der Waals surface area contributed by atoms with Gasteiger partial charge in [-0.15, -0.1) is 0 Å². The molecule has 32 aromatic rings. The molecule has 29 aromatic carbocycles. The van der Waals surface area contributed by atoms with Crippen LogP contribution in [0.3, 0.4) is 0 Å². The van der Waals surface area contributed by atoms with E-state index in [4.69, 9.17) is 13.3 Å². The van der Waals surface area contributed by atoms with Gasteiger partial charge in [0.1, 0.15) is 33.5 Å². The van der Waals surface area contributed by atoms with Gasteiger partial charge in [0.25, 0.3) is 0 Å². The monoisotopic (exact) mass is 1780 g/mol. The second-order valence-corrected chi connectivity index (χ2v) is 38.1. The minimum atomic E-state index is 0.911. The first-order valence-electron chi connectivity index (χ1n) is 48.7. The first kappa shape index (κ1) is 78.8. The molecule has 3 nitrogen and oxygen atoms in total. The van der Waals surface area contributed by atoms with E-state index in [0.29, 0.717) is 0 Å². The summed E-state index contributed by atoms with van der Waals surface area (Å²) in [5.74, 6) is 0. The lowest BCUT2D eigenvalue weighted by Gasteiger charge is -2.20. The molecule has 0 aliphatic heterocycles. The van der Waals surface area contributed by atoms with Crippen LogP contribution in [0.4, 0.5) is 0 Å². The second-order valence-electron chi connectivity index (χ2n) is 38.1. The normalized spacial score (nSPS) is 12.1. The van der Waals surface area contributed by atoms with Gasteiger partial charge in [0.05, 0.1) is 0 Å². The Kier molecular flexibility index (Phi) is 17.3. The van der Waals surface area contributed by atoms with Crippen molar-refractivity contribution in [1.82, 2.24) is 0 Å². The number of rotatable bonds is 6. The SMILES string of the molecule is c1ccc2c(c1)ccc1ccc(-c3c4ccccc4c(-c4ccc5c(c4)oc4c6ccccc6ccc54)c4ccccc34)cc12.c1ccc2cc3c(cc2c1)oc1cc(-c2c4ccccc4c(-c4ccc5c6ccccc6c6ccccc6c5c4)c4ccccc24)ccc13.c1ccc2cc3c(cc2c1)oc1cc(-c2c4ccccc4c(-c4ccc5ccc6cccc7ccc4c5c67)c4ccccc24)ccc13. The molecule has 0 saturated heterocycles. The second kappa shape index (κ2) is 31.0. The smallest absolute Gasteiger partial charge is 0.143 e. The van der Waals surface area contributed by atoms with Crippen molar-refractivity contribution in [2.75, 3.05) is 0 Å². The van der Waals surface area contributed by atoms with Gasteiger partial charge in [-0.2, -0.15) is 0 Å². The summed E-state index contributed by atoms with van der Waals surface area (Å²) in [6, 6.07) is 177. The van der Waals surface area contributed by atoms with Crippen molar-refractivity contribution in [3.63, 3.8) is 0 Å². The van der Waals surface area contributed by atoms with Gasteiger partial charge in [0.15, 0.2) is 0 Å². The van der Waals surface area contributed by atoms with Gasteiger partial charge in [-0.3, -0.25) is 0 Å². The van der Waals surface area contributed by atoms with Crippen molar-refractivity contribution >= 4 is 249 Å². The van der Waals surface area contributed by atoms with Crippen LogP contribution in [0, 0.1) is 0 Å². The Morgan fingerprint density at radius 2 is 0.355 bits per heavy atom. The molecule has 141 heavy (non-hydrogen) atoms. The fraction of sp³-hybridized carbons (Fsp3) is 0. The highest BCUT2D eigenvalue weighted by Crippen LogP contribution is 2.53. The van der Waals surface area contributed by atoms with Gasteiger partial charge < -0.3 is 13.3 Å². The maximum absolute atomic E-state index is 6.62. The standard InChI is InChI=1S/C48H28O.C46H26O.C44H26O/c1-2-12-30-27-46-44(25-29(30)11-1)38-24-22-32(28-45(38)49-46)48-41-19-9-7-17-39(41)47(40-18-8-10-20-42(40)48)31-21-23-37-35-15-4-3-13-33(35)34-14-5-6-16-36(34)43(37)26-31;1-2-9-31-25-42-40(24-30(31)8-1)33-21-20-32(26-41(33)47-42)44-34-12-3-5-14-36(34)46(37-15-6-4-13-35(37)44)39-23-19-29-17-16-27-10-7-11-28-18-22-38(39)45(29)43(27)28;1-3-11-32-27(9-1)17-18-29-19-20-30(25-40(29)32)42-35-13-5-7-15-37(35)43(38-16-8-6-14-36(38)42)31-22-23-34-39-24-21-28-10-2-4-12-33(28)44(39)45-41(34)26-31/h1-28H;1-26H;1-26H. The fourth-order valence-electron chi connectivity index (χ4n) is 24.3.